The minimum absolute atomic E-state index is 0.320. The van der Waals surface area contributed by atoms with Gasteiger partial charge >= 0.3 is 0 Å². The van der Waals surface area contributed by atoms with Crippen molar-refractivity contribution in [1.29, 1.82) is 0 Å². The maximum absolute atomic E-state index is 5.74. The predicted molar refractivity (Wildman–Crippen MR) is 60.2 cm³/mol. The highest BCUT2D eigenvalue weighted by Crippen LogP contribution is 2.19. The number of hydrogen-bond donors (Lipinski definition) is 0. The lowest BCUT2D eigenvalue weighted by molar-refractivity contribution is 0.621. The summed E-state index contributed by atoms with van der Waals surface area (Å²) in [5.41, 5.74) is 0.476. The van der Waals surface area contributed by atoms with Gasteiger partial charge in [-0.15, -0.1) is 6.58 Å². The molecule has 0 aliphatic carbocycles. The Morgan fingerprint density at radius 1 is 1.29 bits per heavy atom. The van der Waals surface area contributed by atoms with Crippen LogP contribution in [-0.4, -0.2) is 5.54 Å². The predicted octanol–water partition coefficient (Wildman–Crippen LogP) is 4.39. The minimum Gasteiger partial charge on any atom is -0.178 e. The summed E-state index contributed by atoms with van der Waals surface area (Å²) >= 11 is 5.74. The highest BCUT2D eigenvalue weighted by atomic mass is 35.5. The summed E-state index contributed by atoms with van der Waals surface area (Å²) in [7, 11) is 0. The van der Waals surface area contributed by atoms with Gasteiger partial charge in [0, 0.05) is 5.02 Å². The molecule has 3 heteroatoms. The summed E-state index contributed by atoms with van der Waals surface area (Å²) in [4.78, 5) is 0. The molecule has 0 N–H and O–H groups in total. The average molecular weight is 209 g/mol. The normalized spacial score (nSPS) is 11.9. The molecule has 74 valence electrons. The number of nitrogens with zero attached hydrogens (tertiary/aromatic N) is 2. The van der Waals surface area contributed by atoms with Crippen molar-refractivity contribution >= 4 is 17.3 Å². The van der Waals surface area contributed by atoms with E-state index in [0.29, 0.717) is 5.02 Å². The fraction of sp³-hybridized carbons (Fsp3) is 0.273. The van der Waals surface area contributed by atoms with E-state index in [1.54, 1.807) is 18.2 Å². The van der Waals surface area contributed by atoms with E-state index in [4.69, 9.17) is 11.6 Å². The molecule has 1 aromatic rings. The lowest BCUT2D eigenvalue weighted by Crippen LogP contribution is -2.09. The summed E-state index contributed by atoms with van der Waals surface area (Å²) in [6.07, 6.45) is 1.76. The van der Waals surface area contributed by atoms with E-state index in [-0.39, 0.29) is 5.54 Å². The zero-order valence-corrected chi connectivity index (χ0v) is 9.12. The lowest BCUT2D eigenvalue weighted by atomic mass is 10.1. The molecule has 0 aliphatic heterocycles. The third kappa shape index (κ3) is 3.30. The number of azo groups is 1. The summed E-state index contributed by atoms with van der Waals surface area (Å²) in [5.74, 6) is 0. The van der Waals surface area contributed by atoms with Gasteiger partial charge in [-0.05, 0) is 38.1 Å². The van der Waals surface area contributed by atoms with Gasteiger partial charge in [-0.1, -0.05) is 17.7 Å². The van der Waals surface area contributed by atoms with Crippen molar-refractivity contribution in [3.63, 3.8) is 0 Å². The third-order valence-corrected chi connectivity index (χ3v) is 2.00. The van der Waals surface area contributed by atoms with Crippen molar-refractivity contribution in [3.05, 3.63) is 41.9 Å². The topological polar surface area (TPSA) is 24.7 Å². The molecule has 0 heterocycles. The van der Waals surface area contributed by atoms with E-state index in [1.165, 1.54) is 0 Å². The van der Waals surface area contributed by atoms with Gasteiger partial charge < -0.3 is 0 Å². The van der Waals surface area contributed by atoms with Crippen LogP contribution < -0.4 is 0 Å². The summed E-state index contributed by atoms with van der Waals surface area (Å²) in [5, 5.41) is 8.92. The second-order valence-electron chi connectivity index (χ2n) is 3.53. The molecule has 1 rings (SSSR count). The first-order valence-corrected chi connectivity index (χ1v) is 4.73. The SMILES string of the molecule is C=CC(C)(C)N=Nc1ccc(Cl)cc1. The Kier molecular flexibility index (Phi) is 3.42. The van der Waals surface area contributed by atoms with Gasteiger partial charge in [0.15, 0.2) is 0 Å². The van der Waals surface area contributed by atoms with Crippen LogP contribution in [0.2, 0.25) is 5.02 Å². The Morgan fingerprint density at radius 3 is 2.36 bits per heavy atom. The number of benzene rings is 1. The van der Waals surface area contributed by atoms with Crippen molar-refractivity contribution in [2.24, 2.45) is 10.2 Å². The van der Waals surface area contributed by atoms with Gasteiger partial charge in [-0.3, -0.25) is 0 Å². The largest absolute Gasteiger partial charge is 0.178 e. The van der Waals surface area contributed by atoms with Crippen LogP contribution in [0.1, 0.15) is 13.8 Å². The Labute approximate surface area is 89.3 Å². The monoisotopic (exact) mass is 208 g/mol. The maximum atomic E-state index is 5.74. The van der Waals surface area contributed by atoms with Crippen LogP contribution in [0, 0.1) is 0 Å². The van der Waals surface area contributed by atoms with Crippen molar-refractivity contribution < 1.29 is 0 Å². The first kappa shape index (κ1) is 10.9. The summed E-state index contributed by atoms with van der Waals surface area (Å²) in [6, 6.07) is 7.23. The molecule has 0 aromatic heterocycles. The van der Waals surface area contributed by atoms with Crippen LogP contribution in [0.5, 0.6) is 0 Å². The van der Waals surface area contributed by atoms with Crippen LogP contribution in [0.4, 0.5) is 5.69 Å². The molecule has 0 radical (unpaired) electrons. The Balaban J connectivity index is 2.78. The highest BCUT2D eigenvalue weighted by molar-refractivity contribution is 6.30. The Morgan fingerprint density at radius 2 is 1.86 bits per heavy atom. The summed E-state index contributed by atoms with van der Waals surface area (Å²) in [6.45, 7) is 7.57. The molecular weight excluding hydrogens is 196 g/mol. The van der Waals surface area contributed by atoms with Gasteiger partial charge in [0.05, 0.1) is 11.2 Å². The Hall–Kier alpha value is -1.15. The second-order valence-corrected chi connectivity index (χ2v) is 3.97. The van der Waals surface area contributed by atoms with Crippen LogP contribution in [0.15, 0.2) is 47.1 Å². The molecular formula is C11H13ClN2. The fourth-order valence-electron chi connectivity index (χ4n) is 0.735. The zero-order valence-electron chi connectivity index (χ0n) is 8.37. The molecule has 2 nitrogen and oxygen atoms in total. The van der Waals surface area contributed by atoms with Gasteiger partial charge in [0.25, 0.3) is 0 Å². The van der Waals surface area contributed by atoms with Gasteiger partial charge in [0.1, 0.15) is 0 Å². The molecule has 0 atom stereocenters. The molecule has 0 saturated carbocycles. The molecule has 0 saturated heterocycles. The van der Waals surface area contributed by atoms with Gasteiger partial charge in [-0.2, -0.15) is 10.2 Å². The second kappa shape index (κ2) is 4.38. The molecule has 14 heavy (non-hydrogen) atoms. The quantitative estimate of drug-likeness (QED) is 0.520. The third-order valence-electron chi connectivity index (χ3n) is 1.75. The fourth-order valence-corrected chi connectivity index (χ4v) is 0.861. The minimum atomic E-state index is -0.320. The smallest absolute Gasteiger partial charge is 0.0941 e. The first-order valence-electron chi connectivity index (χ1n) is 4.35. The standard InChI is InChI=1S/C11H13ClN2/c1-4-11(2,3)14-13-10-7-5-9(12)6-8-10/h4-8H,1H2,2-3H3. The first-order chi connectivity index (χ1) is 6.53. The molecule has 0 amide bonds. The number of halogens is 1. The van der Waals surface area contributed by atoms with Crippen LogP contribution in [-0.2, 0) is 0 Å². The van der Waals surface area contributed by atoms with Crippen molar-refractivity contribution in [2.45, 2.75) is 19.4 Å². The molecule has 0 aliphatic rings. The molecule has 0 bridgehead atoms. The molecule has 0 spiro atoms. The number of rotatable bonds is 3. The average Bonchev–Trinajstić information content (AvgIpc) is 2.17. The summed E-state index contributed by atoms with van der Waals surface area (Å²) < 4.78 is 0. The van der Waals surface area contributed by atoms with Crippen LogP contribution >= 0.6 is 11.6 Å². The van der Waals surface area contributed by atoms with Crippen molar-refractivity contribution in [3.8, 4) is 0 Å². The van der Waals surface area contributed by atoms with Gasteiger partial charge in [-0.25, -0.2) is 0 Å². The van der Waals surface area contributed by atoms with E-state index >= 15 is 0 Å². The van der Waals surface area contributed by atoms with Crippen molar-refractivity contribution in [2.75, 3.05) is 0 Å². The van der Waals surface area contributed by atoms with E-state index < -0.39 is 0 Å². The van der Waals surface area contributed by atoms with E-state index in [1.807, 2.05) is 26.0 Å². The molecule has 1 aromatic carbocycles. The lowest BCUT2D eigenvalue weighted by Gasteiger charge is -2.10. The van der Waals surface area contributed by atoms with E-state index in [0.717, 1.165) is 5.69 Å². The number of hydrogen-bond acceptors (Lipinski definition) is 2. The van der Waals surface area contributed by atoms with Crippen LogP contribution in [0.3, 0.4) is 0 Å². The van der Waals surface area contributed by atoms with E-state index in [2.05, 4.69) is 16.8 Å². The molecule has 0 fully saturated rings. The highest BCUT2D eigenvalue weighted by Gasteiger charge is 2.09. The zero-order chi connectivity index (χ0) is 10.6. The maximum Gasteiger partial charge on any atom is 0.0941 e. The van der Waals surface area contributed by atoms with E-state index in [9.17, 15) is 0 Å². The van der Waals surface area contributed by atoms with Crippen LogP contribution in [0.25, 0.3) is 0 Å². The molecule has 0 unspecified atom stereocenters. The van der Waals surface area contributed by atoms with Crippen molar-refractivity contribution in [1.82, 2.24) is 0 Å². The van der Waals surface area contributed by atoms with Gasteiger partial charge in [0.2, 0.25) is 0 Å². The Bertz CT molecular complexity index is 339.